The molecule has 3 aromatic carbocycles. The van der Waals surface area contributed by atoms with E-state index in [1.54, 1.807) is 30.3 Å². The lowest BCUT2D eigenvalue weighted by Crippen LogP contribution is -2.27. The molecule has 4 rings (SSSR count). The monoisotopic (exact) mass is 450 g/mol. The lowest BCUT2D eigenvalue weighted by atomic mass is 10.1. The SMILES string of the molecule is Cn1c(S[C@H](CNS(=O)(=O)c2ccccc2)c2ccccc2)nnc1-c1ccccc1. The molecule has 1 heterocycles. The molecule has 0 bridgehead atoms. The van der Waals surface area contributed by atoms with Crippen LogP contribution in [-0.4, -0.2) is 29.7 Å². The predicted molar refractivity (Wildman–Crippen MR) is 123 cm³/mol. The third-order valence-corrected chi connectivity index (χ3v) is 7.53. The standard InChI is InChI=1S/C23H22N4O2S2/c1-27-22(19-13-7-3-8-14-19)25-26-23(27)30-21(18-11-5-2-6-12-18)17-24-31(28,29)20-15-9-4-10-16-20/h2-16,21,24H,17H2,1H3/t21-/m1/s1. The Morgan fingerprint density at radius 3 is 2.10 bits per heavy atom. The van der Waals surface area contributed by atoms with Gasteiger partial charge in [-0.3, -0.25) is 0 Å². The second kappa shape index (κ2) is 9.47. The first-order chi connectivity index (χ1) is 15.0. The summed E-state index contributed by atoms with van der Waals surface area (Å²) in [6.45, 7) is 0.222. The van der Waals surface area contributed by atoms with Crippen molar-refractivity contribution < 1.29 is 8.42 Å². The number of thioether (sulfide) groups is 1. The highest BCUT2D eigenvalue weighted by atomic mass is 32.2. The maximum Gasteiger partial charge on any atom is 0.240 e. The molecule has 158 valence electrons. The summed E-state index contributed by atoms with van der Waals surface area (Å²) in [6, 6.07) is 28.0. The molecule has 0 saturated heterocycles. The Morgan fingerprint density at radius 2 is 1.45 bits per heavy atom. The van der Waals surface area contributed by atoms with Crippen LogP contribution in [0.4, 0.5) is 0 Å². The average Bonchev–Trinajstić information content (AvgIpc) is 3.18. The smallest absolute Gasteiger partial charge is 0.240 e. The molecule has 0 aliphatic carbocycles. The number of hydrogen-bond acceptors (Lipinski definition) is 5. The van der Waals surface area contributed by atoms with Crippen molar-refractivity contribution in [1.29, 1.82) is 0 Å². The van der Waals surface area contributed by atoms with Crippen molar-refractivity contribution in [2.45, 2.75) is 15.3 Å². The number of hydrogen-bond donors (Lipinski definition) is 1. The molecule has 0 aliphatic rings. The van der Waals surface area contributed by atoms with Crippen molar-refractivity contribution in [3.8, 4) is 11.4 Å². The summed E-state index contributed by atoms with van der Waals surface area (Å²) < 4.78 is 30.1. The first kappa shape index (κ1) is 21.3. The fourth-order valence-corrected chi connectivity index (χ4v) is 5.37. The molecule has 0 amide bonds. The number of aromatic nitrogens is 3. The molecule has 0 radical (unpaired) electrons. The zero-order valence-corrected chi connectivity index (χ0v) is 18.6. The number of rotatable bonds is 8. The van der Waals surface area contributed by atoms with E-state index in [1.165, 1.54) is 11.8 Å². The van der Waals surface area contributed by atoms with Crippen LogP contribution < -0.4 is 4.72 Å². The number of sulfonamides is 1. The van der Waals surface area contributed by atoms with Gasteiger partial charge < -0.3 is 4.57 Å². The molecule has 6 nitrogen and oxygen atoms in total. The zero-order valence-electron chi connectivity index (χ0n) is 16.9. The molecule has 1 atom stereocenters. The average molecular weight is 451 g/mol. The molecule has 1 aromatic heterocycles. The first-order valence-electron chi connectivity index (χ1n) is 9.76. The summed E-state index contributed by atoms with van der Waals surface area (Å²) in [4.78, 5) is 0.247. The van der Waals surface area contributed by atoms with Crippen LogP contribution in [0, 0.1) is 0 Å². The van der Waals surface area contributed by atoms with Crippen LogP contribution >= 0.6 is 11.8 Å². The Kier molecular flexibility index (Phi) is 6.50. The van der Waals surface area contributed by atoms with Crippen LogP contribution in [0.5, 0.6) is 0 Å². The van der Waals surface area contributed by atoms with E-state index in [-0.39, 0.29) is 16.7 Å². The third kappa shape index (κ3) is 5.04. The van der Waals surface area contributed by atoms with Gasteiger partial charge in [-0.15, -0.1) is 10.2 Å². The second-order valence-corrected chi connectivity index (χ2v) is 9.85. The maximum atomic E-state index is 12.7. The summed E-state index contributed by atoms with van der Waals surface area (Å²) in [6.07, 6.45) is 0. The quantitative estimate of drug-likeness (QED) is 0.405. The third-order valence-electron chi connectivity index (χ3n) is 4.80. The Bertz CT molecular complexity index is 1230. The minimum Gasteiger partial charge on any atom is -0.305 e. The fourth-order valence-electron chi connectivity index (χ4n) is 3.15. The van der Waals surface area contributed by atoms with Crippen LogP contribution in [0.15, 0.2) is 101 Å². The minimum atomic E-state index is -3.61. The van der Waals surface area contributed by atoms with Crippen LogP contribution in [0.25, 0.3) is 11.4 Å². The Labute approximate surface area is 186 Å². The molecule has 0 spiro atoms. The van der Waals surface area contributed by atoms with Crippen molar-refractivity contribution in [2.75, 3.05) is 6.54 Å². The van der Waals surface area contributed by atoms with Crippen LogP contribution in [0.2, 0.25) is 0 Å². The van der Waals surface area contributed by atoms with Gasteiger partial charge in [0.2, 0.25) is 10.0 Å². The molecule has 0 saturated carbocycles. The first-order valence-corrected chi connectivity index (χ1v) is 12.1. The summed E-state index contributed by atoms with van der Waals surface area (Å²) in [5.74, 6) is 0.764. The van der Waals surface area contributed by atoms with Crippen molar-refractivity contribution >= 4 is 21.8 Å². The van der Waals surface area contributed by atoms with E-state index in [4.69, 9.17) is 0 Å². The van der Waals surface area contributed by atoms with Gasteiger partial charge >= 0.3 is 0 Å². The van der Waals surface area contributed by atoms with Gasteiger partial charge in [-0.25, -0.2) is 13.1 Å². The van der Waals surface area contributed by atoms with Gasteiger partial charge in [-0.1, -0.05) is 90.6 Å². The molecule has 0 unspecified atom stereocenters. The summed E-state index contributed by atoms with van der Waals surface area (Å²) in [5.41, 5.74) is 1.98. The van der Waals surface area contributed by atoms with Gasteiger partial charge in [0.05, 0.1) is 10.1 Å². The van der Waals surface area contributed by atoms with E-state index in [0.717, 1.165) is 17.0 Å². The van der Waals surface area contributed by atoms with E-state index in [9.17, 15) is 8.42 Å². The van der Waals surface area contributed by atoms with Crippen molar-refractivity contribution in [3.63, 3.8) is 0 Å². The van der Waals surface area contributed by atoms with Gasteiger partial charge in [0, 0.05) is 19.2 Å². The van der Waals surface area contributed by atoms with E-state index in [0.29, 0.717) is 5.16 Å². The lowest BCUT2D eigenvalue weighted by Gasteiger charge is -2.17. The van der Waals surface area contributed by atoms with E-state index in [1.807, 2.05) is 72.3 Å². The van der Waals surface area contributed by atoms with Gasteiger partial charge in [-0.2, -0.15) is 0 Å². The van der Waals surface area contributed by atoms with Crippen LogP contribution in [-0.2, 0) is 17.1 Å². The number of nitrogens with zero attached hydrogens (tertiary/aromatic N) is 3. The van der Waals surface area contributed by atoms with Crippen molar-refractivity contribution in [1.82, 2.24) is 19.5 Å². The van der Waals surface area contributed by atoms with Gasteiger partial charge in [0.25, 0.3) is 0 Å². The fraction of sp³-hybridized carbons (Fsp3) is 0.130. The van der Waals surface area contributed by atoms with Gasteiger partial charge in [0.1, 0.15) is 0 Å². The second-order valence-electron chi connectivity index (χ2n) is 6.91. The topological polar surface area (TPSA) is 76.9 Å². The molecule has 4 aromatic rings. The van der Waals surface area contributed by atoms with Gasteiger partial charge in [0.15, 0.2) is 11.0 Å². The Hall–Kier alpha value is -2.94. The van der Waals surface area contributed by atoms with E-state index >= 15 is 0 Å². The van der Waals surface area contributed by atoms with Crippen LogP contribution in [0.3, 0.4) is 0 Å². The normalized spacial score (nSPS) is 12.5. The summed E-state index contributed by atoms with van der Waals surface area (Å²) in [7, 11) is -1.69. The molecular weight excluding hydrogens is 428 g/mol. The predicted octanol–water partition coefficient (Wildman–Crippen LogP) is 4.29. The highest BCUT2D eigenvalue weighted by Crippen LogP contribution is 2.35. The van der Waals surface area contributed by atoms with Crippen LogP contribution in [0.1, 0.15) is 10.8 Å². The summed E-state index contributed by atoms with van der Waals surface area (Å²) >= 11 is 1.48. The largest absolute Gasteiger partial charge is 0.305 e. The van der Waals surface area contributed by atoms with Gasteiger partial charge in [-0.05, 0) is 17.7 Å². The van der Waals surface area contributed by atoms with Crippen molar-refractivity contribution in [2.24, 2.45) is 7.05 Å². The molecule has 0 fully saturated rings. The zero-order chi connectivity index (χ0) is 21.7. The molecule has 1 N–H and O–H groups in total. The highest BCUT2D eigenvalue weighted by molar-refractivity contribution is 7.99. The Balaban J connectivity index is 1.58. The molecule has 0 aliphatic heterocycles. The molecule has 8 heteroatoms. The van der Waals surface area contributed by atoms with E-state index < -0.39 is 10.0 Å². The maximum absolute atomic E-state index is 12.7. The minimum absolute atomic E-state index is 0.175. The number of nitrogens with one attached hydrogen (secondary N) is 1. The number of benzene rings is 3. The van der Waals surface area contributed by atoms with E-state index in [2.05, 4.69) is 14.9 Å². The highest BCUT2D eigenvalue weighted by Gasteiger charge is 2.22. The van der Waals surface area contributed by atoms with Crippen molar-refractivity contribution in [3.05, 3.63) is 96.6 Å². The molecular formula is C23H22N4O2S2. The molecule has 31 heavy (non-hydrogen) atoms. The Morgan fingerprint density at radius 1 is 0.871 bits per heavy atom. The summed E-state index contributed by atoms with van der Waals surface area (Å²) in [5, 5.41) is 9.24. The lowest BCUT2D eigenvalue weighted by molar-refractivity contribution is 0.581.